The molecule has 0 saturated carbocycles. The van der Waals surface area contributed by atoms with Crippen LogP contribution in [-0.2, 0) is 6.61 Å². The van der Waals surface area contributed by atoms with Crippen molar-refractivity contribution >= 4 is 52.9 Å². The number of hydrogen-bond acceptors (Lipinski definition) is 5. The lowest BCUT2D eigenvalue weighted by molar-refractivity contribution is 0.0734. The molecule has 0 aromatic heterocycles. The number of nitrogens with zero attached hydrogens (tertiary/aromatic N) is 1. The summed E-state index contributed by atoms with van der Waals surface area (Å²) in [6.45, 7) is 0.389. The number of nitrogens with one attached hydrogen (secondary N) is 1. The molecular weight excluding hydrogens is 535 g/mol. The minimum absolute atomic E-state index is 0.206. The number of carbonyl (C=O) groups is 2. The molecule has 37 heavy (non-hydrogen) atoms. The molecule has 0 unspecified atom stereocenters. The molecule has 0 radical (unpaired) electrons. The Morgan fingerprint density at radius 1 is 0.784 bits per heavy atom. The fourth-order valence-corrected chi connectivity index (χ4v) is 3.73. The lowest BCUT2D eigenvalue weighted by Crippen LogP contribution is -2.17. The van der Waals surface area contributed by atoms with Gasteiger partial charge < -0.3 is 9.47 Å². The maximum absolute atomic E-state index is 12.4. The van der Waals surface area contributed by atoms with E-state index in [0.717, 1.165) is 5.56 Å². The van der Waals surface area contributed by atoms with Crippen LogP contribution in [0.4, 0.5) is 0 Å². The molecular formula is C28H19Cl3N2O4. The first-order valence-corrected chi connectivity index (χ1v) is 12.1. The topological polar surface area (TPSA) is 77.0 Å². The lowest BCUT2D eigenvalue weighted by atomic mass is 10.2. The van der Waals surface area contributed by atoms with Crippen molar-refractivity contribution in [2.75, 3.05) is 0 Å². The average Bonchev–Trinajstić information content (AvgIpc) is 2.89. The summed E-state index contributed by atoms with van der Waals surface area (Å²) in [5.41, 5.74) is 4.79. The first-order valence-electron chi connectivity index (χ1n) is 11.0. The number of ether oxygens (including phenoxy) is 2. The molecule has 0 aliphatic rings. The van der Waals surface area contributed by atoms with E-state index in [2.05, 4.69) is 10.5 Å². The maximum Gasteiger partial charge on any atom is 0.345 e. The van der Waals surface area contributed by atoms with E-state index in [0.29, 0.717) is 39.3 Å². The fourth-order valence-electron chi connectivity index (χ4n) is 3.12. The van der Waals surface area contributed by atoms with Crippen molar-refractivity contribution in [1.29, 1.82) is 0 Å². The van der Waals surface area contributed by atoms with Crippen LogP contribution in [0, 0.1) is 0 Å². The Hall–Kier alpha value is -3.84. The van der Waals surface area contributed by atoms with Gasteiger partial charge in [0, 0.05) is 15.6 Å². The van der Waals surface area contributed by atoms with Crippen LogP contribution in [0.25, 0.3) is 0 Å². The van der Waals surface area contributed by atoms with Gasteiger partial charge in [-0.3, -0.25) is 4.79 Å². The normalized spacial score (nSPS) is 10.8. The van der Waals surface area contributed by atoms with Gasteiger partial charge in [0.15, 0.2) is 0 Å². The van der Waals surface area contributed by atoms with Crippen molar-refractivity contribution in [2.24, 2.45) is 5.10 Å². The molecule has 0 heterocycles. The highest BCUT2D eigenvalue weighted by atomic mass is 35.5. The molecule has 0 aliphatic heterocycles. The molecule has 0 spiro atoms. The monoisotopic (exact) mass is 552 g/mol. The van der Waals surface area contributed by atoms with Gasteiger partial charge in [0.25, 0.3) is 5.91 Å². The summed E-state index contributed by atoms with van der Waals surface area (Å²) >= 11 is 17.8. The maximum atomic E-state index is 12.4. The van der Waals surface area contributed by atoms with Gasteiger partial charge in [-0.25, -0.2) is 10.2 Å². The van der Waals surface area contributed by atoms with Crippen LogP contribution in [0.5, 0.6) is 11.5 Å². The SMILES string of the molecule is O=C(N/N=C/c1ccc(OC(=O)c2ccc(Cl)cc2Cl)cc1)c1ccc(OCc2ccc(Cl)cc2)cc1. The third-order valence-electron chi connectivity index (χ3n) is 5.06. The second kappa shape index (κ2) is 12.4. The highest BCUT2D eigenvalue weighted by molar-refractivity contribution is 6.36. The van der Waals surface area contributed by atoms with Crippen LogP contribution in [0.3, 0.4) is 0 Å². The second-order valence-corrected chi connectivity index (χ2v) is 9.00. The van der Waals surface area contributed by atoms with Gasteiger partial charge in [-0.15, -0.1) is 0 Å². The van der Waals surface area contributed by atoms with Crippen LogP contribution in [-0.4, -0.2) is 18.1 Å². The first-order chi connectivity index (χ1) is 17.9. The zero-order chi connectivity index (χ0) is 26.2. The summed E-state index contributed by atoms with van der Waals surface area (Å²) in [6.07, 6.45) is 1.48. The molecule has 4 aromatic carbocycles. The van der Waals surface area contributed by atoms with E-state index in [4.69, 9.17) is 44.3 Å². The summed E-state index contributed by atoms with van der Waals surface area (Å²) in [5, 5.41) is 5.27. The molecule has 0 aliphatic carbocycles. The Labute approximate surface area is 228 Å². The highest BCUT2D eigenvalue weighted by Crippen LogP contribution is 2.23. The number of carbonyl (C=O) groups excluding carboxylic acids is 2. The number of hydrogen-bond donors (Lipinski definition) is 1. The van der Waals surface area contributed by atoms with Gasteiger partial charge in [0.05, 0.1) is 16.8 Å². The molecule has 0 bridgehead atoms. The molecule has 186 valence electrons. The predicted molar refractivity (Wildman–Crippen MR) is 145 cm³/mol. The standard InChI is InChI=1S/C28H19Cl3N2O4/c29-21-7-1-19(2-8-21)17-36-23-12-5-20(6-13-23)27(34)33-32-16-18-3-10-24(11-4-18)37-28(35)25-14-9-22(30)15-26(25)31/h1-16H,17H2,(H,33,34)/b32-16+. The fraction of sp³-hybridized carbons (Fsp3) is 0.0357. The van der Waals surface area contributed by atoms with Gasteiger partial charge >= 0.3 is 5.97 Å². The van der Waals surface area contributed by atoms with Crippen molar-refractivity contribution in [1.82, 2.24) is 5.43 Å². The largest absolute Gasteiger partial charge is 0.489 e. The Balaban J connectivity index is 1.26. The lowest BCUT2D eigenvalue weighted by Gasteiger charge is -2.07. The van der Waals surface area contributed by atoms with Crippen LogP contribution in [0.15, 0.2) is 96.1 Å². The van der Waals surface area contributed by atoms with Crippen molar-refractivity contribution in [3.05, 3.63) is 128 Å². The smallest absolute Gasteiger partial charge is 0.345 e. The molecule has 4 rings (SSSR count). The number of halogens is 3. The number of hydrazone groups is 1. The zero-order valence-corrected chi connectivity index (χ0v) is 21.4. The zero-order valence-electron chi connectivity index (χ0n) is 19.2. The molecule has 0 saturated heterocycles. The van der Waals surface area contributed by atoms with E-state index in [1.807, 2.05) is 12.1 Å². The van der Waals surface area contributed by atoms with Crippen LogP contribution >= 0.6 is 34.8 Å². The summed E-state index contributed by atoms with van der Waals surface area (Å²) in [5.74, 6) is -0.00709. The van der Waals surface area contributed by atoms with Crippen molar-refractivity contribution in [3.8, 4) is 11.5 Å². The number of esters is 1. The molecule has 1 amide bonds. The van der Waals surface area contributed by atoms with Crippen molar-refractivity contribution in [3.63, 3.8) is 0 Å². The summed E-state index contributed by atoms with van der Waals surface area (Å²) < 4.78 is 11.1. The summed E-state index contributed by atoms with van der Waals surface area (Å²) in [4.78, 5) is 24.7. The summed E-state index contributed by atoms with van der Waals surface area (Å²) in [7, 11) is 0. The van der Waals surface area contributed by atoms with Crippen LogP contribution in [0.1, 0.15) is 31.8 Å². The van der Waals surface area contributed by atoms with Gasteiger partial charge in [0.2, 0.25) is 0 Å². The van der Waals surface area contributed by atoms with Crippen LogP contribution < -0.4 is 14.9 Å². The van der Waals surface area contributed by atoms with Gasteiger partial charge in [-0.05, 0) is 90.0 Å². The van der Waals surface area contributed by atoms with Crippen molar-refractivity contribution < 1.29 is 19.1 Å². The van der Waals surface area contributed by atoms with E-state index in [9.17, 15) is 9.59 Å². The van der Waals surface area contributed by atoms with Gasteiger partial charge in [-0.2, -0.15) is 5.10 Å². The third kappa shape index (κ3) is 7.57. The molecule has 9 heteroatoms. The predicted octanol–water partition coefficient (Wildman–Crippen LogP) is 7.21. The van der Waals surface area contributed by atoms with Crippen LogP contribution in [0.2, 0.25) is 15.1 Å². The molecule has 0 fully saturated rings. The van der Waals surface area contributed by atoms with Gasteiger partial charge in [-0.1, -0.05) is 46.9 Å². The summed E-state index contributed by atoms with van der Waals surface area (Å²) in [6, 6.07) is 25.2. The van der Waals surface area contributed by atoms with E-state index in [-0.39, 0.29) is 16.5 Å². The first kappa shape index (κ1) is 26.2. The van der Waals surface area contributed by atoms with Gasteiger partial charge in [0.1, 0.15) is 18.1 Å². The van der Waals surface area contributed by atoms with E-state index in [1.54, 1.807) is 66.7 Å². The number of benzene rings is 4. The Morgan fingerprint density at radius 2 is 1.43 bits per heavy atom. The third-order valence-corrected chi connectivity index (χ3v) is 5.86. The minimum atomic E-state index is -0.600. The second-order valence-electron chi connectivity index (χ2n) is 7.72. The quantitative estimate of drug-likeness (QED) is 0.108. The molecule has 6 nitrogen and oxygen atoms in total. The van der Waals surface area contributed by atoms with E-state index in [1.165, 1.54) is 18.3 Å². The van der Waals surface area contributed by atoms with E-state index < -0.39 is 5.97 Å². The van der Waals surface area contributed by atoms with E-state index >= 15 is 0 Å². The Kier molecular flexibility index (Phi) is 8.80. The average molecular weight is 554 g/mol. The molecule has 1 N–H and O–H groups in total. The Bertz CT molecular complexity index is 1420. The molecule has 4 aromatic rings. The van der Waals surface area contributed by atoms with Crippen molar-refractivity contribution in [2.45, 2.75) is 6.61 Å². The molecule has 0 atom stereocenters. The minimum Gasteiger partial charge on any atom is -0.489 e. The highest BCUT2D eigenvalue weighted by Gasteiger charge is 2.13. The number of rotatable bonds is 8. The Morgan fingerprint density at radius 3 is 2.11 bits per heavy atom. The number of amides is 1.